The molecule has 570 valence electrons. The average Bonchev–Trinajstić information content (AvgIpc) is 1.89. The molecule has 0 aliphatic heterocycles. The Labute approximate surface area is 588 Å². The van der Waals surface area contributed by atoms with Gasteiger partial charge in [0.05, 0.1) is 26.4 Å². The molecule has 0 spiro atoms. The minimum absolute atomic E-state index is 0.104. The van der Waals surface area contributed by atoms with Crippen LogP contribution >= 0.6 is 15.6 Å². The fourth-order valence-corrected chi connectivity index (χ4v) is 13.4. The van der Waals surface area contributed by atoms with Gasteiger partial charge in [-0.05, 0) is 37.5 Å². The Morgan fingerprint density at radius 1 is 0.281 bits per heavy atom. The van der Waals surface area contributed by atoms with E-state index in [-0.39, 0.29) is 25.7 Å². The van der Waals surface area contributed by atoms with Crippen LogP contribution in [0.25, 0.3) is 0 Å². The molecule has 19 heteroatoms. The van der Waals surface area contributed by atoms with Crippen molar-refractivity contribution in [1.29, 1.82) is 0 Å². The van der Waals surface area contributed by atoms with Crippen LogP contribution in [0.3, 0.4) is 0 Å². The molecule has 96 heavy (non-hydrogen) atoms. The zero-order valence-electron chi connectivity index (χ0n) is 62.7. The molecule has 0 heterocycles. The average molecular weight is 1410 g/mol. The summed E-state index contributed by atoms with van der Waals surface area (Å²) in [6, 6.07) is 0. The van der Waals surface area contributed by atoms with E-state index in [4.69, 9.17) is 37.0 Å². The van der Waals surface area contributed by atoms with Gasteiger partial charge in [0.1, 0.15) is 19.3 Å². The number of hydrogen-bond donors (Lipinski definition) is 3. The van der Waals surface area contributed by atoms with Gasteiger partial charge in [-0.2, -0.15) is 0 Å². The summed E-state index contributed by atoms with van der Waals surface area (Å²) in [5.74, 6) is -0.600. The van der Waals surface area contributed by atoms with Gasteiger partial charge in [0.15, 0.2) is 12.2 Å². The summed E-state index contributed by atoms with van der Waals surface area (Å²) in [7, 11) is -9.91. The maximum absolute atomic E-state index is 13.1. The molecule has 5 atom stereocenters. The van der Waals surface area contributed by atoms with Gasteiger partial charge in [-0.1, -0.05) is 350 Å². The SMILES string of the molecule is CCCCCCCCCCCCCCCCCC(=O)OC[C@H](COP(=O)(O)OC[C@@H](O)COP(=O)(O)OC[C@@H](COC(=O)CCCCCCCCCCCC)OC(=O)CCCCCCCCCC(C)C)OC(=O)CCCCCCCCCCCCCCCCCCCCC(C)C. The monoisotopic (exact) mass is 1410 g/mol. The fraction of sp³-hybridized carbons (Fsp3) is 0.948. The van der Waals surface area contributed by atoms with E-state index in [1.165, 1.54) is 218 Å². The van der Waals surface area contributed by atoms with Crippen LogP contribution in [0, 0.1) is 11.8 Å². The number of carbonyl (C=O) groups is 4. The van der Waals surface area contributed by atoms with E-state index >= 15 is 0 Å². The molecule has 3 N–H and O–H groups in total. The molecule has 17 nitrogen and oxygen atoms in total. The van der Waals surface area contributed by atoms with Crippen molar-refractivity contribution in [2.24, 2.45) is 11.8 Å². The Kier molecular flexibility index (Phi) is 67.4. The molecule has 0 bridgehead atoms. The topological polar surface area (TPSA) is 237 Å². The van der Waals surface area contributed by atoms with Gasteiger partial charge in [-0.15, -0.1) is 0 Å². The number of hydrogen-bond acceptors (Lipinski definition) is 15. The van der Waals surface area contributed by atoms with Crippen LogP contribution in [0.2, 0.25) is 0 Å². The third kappa shape index (κ3) is 70.5. The normalized spacial score (nSPS) is 14.0. The molecule has 0 aromatic rings. The van der Waals surface area contributed by atoms with Gasteiger partial charge in [-0.3, -0.25) is 37.3 Å². The van der Waals surface area contributed by atoms with E-state index in [1.54, 1.807) is 0 Å². The van der Waals surface area contributed by atoms with Crippen LogP contribution in [0.1, 0.15) is 401 Å². The Bertz CT molecular complexity index is 1860. The lowest BCUT2D eigenvalue weighted by Gasteiger charge is -2.21. The number of ether oxygens (including phenoxy) is 4. The zero-order chi connectivity index (χ0) is 70.7. The van der Waals surface area contributed by atoms with Gasteiger partial charge in [0.25, 0.3) is 0 Å². The summed E-state index contributed by atoms with van der Waals surface area (Å²) in [5, 5.41) is 10.6. The predicted molar refractivity (Wildman–Crippen MR) is 391 cm³/mol. The number of esters is 4. The first-order valence-corrected chi connectivity index (χ1v) is 43.0. The summed E-state index contributed by atoms with van der Waals surface area (Å²) in [5.41, 5.74) is 0. The molecule has 0 aromatic heterocycles. The standard InChI is InChI=1S/C77H150O17P2/c1-7-9-11-13-15-17-19-20-25-29-32-36-42-48-54-60-75(80)88-65-72(93-76(81)61-55-49-43-37-33-30-27-24-22-21-23-26-28-31-34-39-45-51-57-69(3)4)67-91-95(83,84)89-63-71(78)64-90-96(85,86)92-68-73(94-77(82)62-56-50-44-38-40-46-52-58-70(5)6)66-87-74(79)59-53-47-41-35-18-16-14-12-10-8-2/h69-73,78H,7-68H2,1-6H3,(H,83,84)(H,85,86)/t71-,72-,73-/m1/s1. The summed E-state index contributed by atoms with van der Waals surface area (Å²) < 4.78 is 68.5. The van der Waals surface area contributed by atoms with Crippen LogP contribution < -0.4 is 0 Å². The molecular formula is C77H150O17P2. The lowest BCUT2D eigenvalue weighted by molar-refractivity contribution is -0.161. The summed E-state index contributed by atoms with van der Waals surface area (Å²) >= 11 is 0. The molecule has 0 saturated carbocycles. The Hall–Kier alpha value is -1.94. The van der Waals surface area contributed by atoms with Gasteiger partial charge >= 0.3 is 39.5 Å². The first-order chi connectivity index (χ1) is 46.4. The second-order valence-corrected chi connectivity index (χ2v) is 31.6. The van der Waals surface area contributed by atoms with Crippen molar-refractivity contribution in [3.8, 4) is 0 Å². The van der Waals surface area contributed by atoms with E-state index in [9.17, 15) is 43.2 Å². The predicted octanol–water partition coefficient (Wildman–Crippen LogP) is 22.7. The minimum Gasteiger partial charge on any atom is -0.462 e. The van der Waals surface area contributed by atoms with E-state index < -0.39 is 97.5 Å². The third-order valence-corrected chi connectivity index (χ3v) is 19.9. The number of aliphatic hydroxyl groups is 1. The van der Waals surface area contributed by atoms with Crippen LogP contribution in [-0.2, 0) is 65.4 Å². The number of rotatable bonds is 76. The Morgan fingerprint density at radius 3 is 0.708 bits per heavy atom. The highest BCUT2D eigenvalue weighted by molar-refractivity contribution is 7.47. The molecule has 0 radical (unpaired) electrons. The first-order valence-electron chi connectivity index (χ1n) is 40.0. The maximum atomic E-state index is 13.1. The smallest absolute Gasteiger partial charge is 0.462 e. The lowest BCUT2D eigenvalue weighted by atomic mass is 10.0. The summed E-state index contributed by atoms with van der Waals surface area (Å²) in [4.78, 5) is 72.8. The fourth-order valence-electron chi connectivity index (χ4n) is 11.8. The number of phosphoric acid groups is 2. The van der Waals surface area contributed by atoms with Gasteiger partial charge < -0.3 is 33.8 Å². The van der Waals surface area contributed by atoms with Crippen LogP contribution in [0.5, 0.6) is 0 Å². The highest BCUT2D eigenvalue weighted by Crippen LogP contribution is 2.45. The highest BCUT2D eigenvalue weighted by atomic mass is 31.2. The minimum atomic E-state index is -4.96. The molecule has 0 aromatic carbocycles. The number of aliphatic hydroxyl groups excluding tert-OH is 1. The van der Waals surface area contributed by atoms with Crippen molar-refractivity contribution >= 4 is 39.5 Å². The molecule has 0 fully saturated rings. The van der Waals surface area contributed by atoms with Gasteiger partial charge in [-0.25, -0.2) is 9.13 Å². The zero-order valence-corrected chi connectivity index (χ0v) is 64.5. The molecular weight excluding hydrogens is 1260 g/mol. The van der Waals surface area contributed by atoms with E-state index in [0.717, 1.165) is 95.8 Å². The first kappa shape index (κ1) is 94.1. The second-order valence-electron chi connectivity index (χ2n) is 28.7. The molecule has 0 amide bonds. The van der Waals surface area contributed by atoms with Crippen molar-refractivity contribution in [2.75, 3.05) is 39.6 Å². The van der Waals surface area contributed by atoms with E-state index in [2.05, 4.69) is 41.5 Å². The van der Waals surface area contributed by atoms with Crippen molar-refractivity contribution < 1.29 is 80.2 Å². The van der Waals surface area contributed by atoms with E-state index in [1.807, 2.05) is 0 Å². The van der Waals surface area contributed by atoms with Crippen molar-refractivity contribution in [3.05, 3.63) is 0 Å². The van der Waals surface area contributed by atoms with Crippen LogP contribution in [0.15, 0.2) is 0 Å². The van der Waals surface area contributed by atoms with Crippen molar-refractivity contribution in [1.82, 2.24) is 0 Å². The Balaban J connectivity index is 5.19. The quantitative estimate of drug-likeness (QED) is 0.0222. The molecule has 2 unspecified atom stereocenters. The number of carbonyl (C=O) groups excluding carboxylic acids is 4. The van der Waals surface area contributed by atoms with Gasteiger partial charge in [0, 0.05) is 25.7 Å². The van der Waals surface area contributed by atoms with Crippen LogP contribution in [-0.4, -0.2) is 96.7 Å². The van der Waals surface area contributed by atoms with Crippen molar-refractivity contribution in [2.45, 2.75) is 419 Å². The number of phosphoric ester groups is 2. The molecule has 0 aliphatic carbocycles. The lowest BCUT2D eigenvalue weighted by Crippen LogP contribution is -2.30. The largest absolute Gasteiger partial charge is 0.472 e. The molecule has 0 saturated heterocycles. The maximum Gasteiger partial charge on any atom is 0.472 e. The number of unbranched alkanes of at least 4 members (excludes halogenated alkanes) is 46. The van der Waals surface area contributed by atoms with Gasteiger partial charge in [0.2, 0.25) is 0 Å². The molecule has 0 rings (SSSR count). The van der Waals surface area contributed by atoms with Crippen molar-refractivity contribution in [3.63, 3.8) is 0 Å². The summed E-state index contributed by atoms with van der Waals surface area (Å²) in [6.07, 6.45) is 57.0. The molecule has 0 aliphatic rings. The third-order valence-electron chi connectivity index (χ3n) is 18.0. The van der Waals surface area contributed by atoms with Crippen LogP contribution in [0.4, 0.5) is 0 Å². The Morgan fingerprint density at radius 2 is 0.479 bits per heavy atom. The highest BCUT2D eigenvalue weighted by Gasteiger charge is 2.30. The second kappa shape index (κ2) is 68.8. The summed E-state index contributed by atoms with van der Waals surface area (Å²) in [6.45, 7) is 9.57. The van der Waals surface area contributed by atoms with E-state index in [0.29, 0.717) is 31.6 Å².